The van der Waals surface area contributed by atoms with Crippen molar-refractivity contribution in [3.05, 3.63) is 95.8 Å². The van der Waals surface area contributed by atoms with Crippen molar-refractivity contribution in [1.82, 2.24) is 18.8 Å². The summed E-state index contributed by atoms with van der Waals surface area (Å²) in [6, 6.07) is 20.5. The maximum atomic E-state index is 14.0. The van der Waals surface area contributed by atoms with E-state index in [2.05, 4.69) is 42.0 Å². The van der Waals surface area contributed by atoms with Crippen LogP contribution in [0, 0.1) is 13.8 Å². The van der Waals surface area contributed by atoms with Crippen molar-refractivity contribution in [2.24, 2.45) is 0 Å². The summed E-state index contributed by atoms with van der Waals surface area (Å²) in [5, 5.41) is 0.669. The zero-order chi connectivity index (χ0) is 32.7. The Morgan fingerprint density at radius 3 is 2.22 bits per heavy atom. The lowest BCUT2D eigenvalue weighted by atomic mass is 9.99. The first-order valence-corrected chi connectivity index (χ1v) is 16.7. The molecule has 238 valence electrons. The van der Waals surface area contributed by atoms with E-state index in [-0.39, 0.29) is 10.8 Å². The van der Waals surface area contributed by atoms with Gasteiger partial charge in [0, 0.05) is 74.9 Å². The number of hydrogen-bond donors (Lipinski definition) is 0. The Hall–Kier alpha value is -4.67. The van der Waals surface area contributed by atoms with Crippen LogP contribution >= 0.6 is 0 Å². The van der Waals surface area contributed by atoms with E-state index in [1.807, 2.05) is 19.1 Å². The highest BCUT2D eigenvalue weighted by molar-refractivity contribution is 7.90. The number of aromatic nitrogens is 2. The molecule has 9 nitrogen and oxygen atoms in total. The molecule has 0 radical (unpaired) electrons. The van der Waals surface area contributed by atoms with Gasteiger partial charge in [-0.2, -0.15) is 0 Å². The molecular weight excluding hydrogens is 598 g/mol. The van der Waals surface area contributed by atoms with Gasteiger partial charge in [-0.3, -0.25) is 4.79 Å². The van der Waals surface area contributed by atoms with E-state index in [1.165, 1.54) is 27.2 Å². The molecule has 1 amide bonds. The van der Waals surface area contributed by atoms with Gasteiger partial charge in [0.1, 0.15) is 5.75 Å². The number of nitrogens with zero attached hydrogens (tertiary/aromatic N) is 5. The largest absolute Gasteiger partial charge is 0.496 e. The van der Waals surface area contributed by atoms with E-state index >= 15 is 0 Å². The molecule has 46 heavy (non-hydrogen) atoms. The van der Waals surface area contributed by atoms with E-state index in [4.69, 9.17) is 9.72 Å². The number of methoxy groups -OCH3 is 1. The summed E-state index contributed by atoms with van der Waals surface area (Å²) < 4.78 is 34.9. The number of pyridine rings is 1. The van der Waals surface area contributed by atoms with E-state index in [0.717, 1.165) is 42.9 Å². The van der Waals surface area contributed by atoms with Gasteiger partial charge in [0.05, 0.1) is 17.6 Å². The Morgan fingerprint density at radius 1 is 0.870 bits per heavy atom. The summed E-state index contributed by atoms with van der Waals surface area (Å²) in [5.74, 6) is 0.213. The van der Waals surface area contributed by atoms with Gasteiger partial charge in [0.15, 0.2) is 5.65 Å². The van der Waals surface area contributed by atoms with Crippen LogP contribution in [0.25, 0.3) is 33.3 Å². The molecule has 0 aliphatic carbocycles. The fraction of sp³-hybridized carbons (Fsp3) is 0.278. The Labute approximate surface area is 270 Å². The lowest BCUT2D eigenvalue weighted by molar-refractivity contribution is 0.0824. The summed E-state index contributed by atoms with van der Waals surface area (Å²) in [6.45, 7) is 8.07. The van der Waals surface area contributed by atoms with Gasteiger partial charge in [-0.05, 0) is 80.1 Å². The second-order valence-electron chi connectivity index (χ2n) is 12.2. The highest BCUT2D eigenvalue weighted by Crippen LogP contribution is 2.37. The van der Waals surface area contributed by atoms with E-state index in [1.54, 1.807) is 62.9 Å². The van der Waals surface area contributed by atoms with Crippen LogP contribution in [0.1, 0.15) is 21.5 Å². The Bertz CT molecular complexity index is 2040. The number of likely N-dealkylation sites (N-methyl/N-ethyl adjacent to an activating group) is 1. The van der Waals surface area contributed by atoms with Crippen LogP contribution in [-0.2, 0) is 10.0 Å². The van der Waals surface area contributed by atoms with E-state index < -0.39 is 10.0 Å². The third kappa shape index (κ3) is 5.74. The second-order valence-corrected chi connectivity index (χ2v) is 14.0. The Morgan fingerprint density at radius 2 is 1.57 bits per heavy atom. The molecule has 0 bridgehead atoms. The maximum absolute atomic E-state index is 14.0. The first kappa shape index (κ1) is 31.3. The molecule has 0 unspecified atom stereocenters. The van der Waals surface area contributed by atoms with Crippen molar-refractivity contribution < 1.29 is 17.9 Å². The zero-order valence-electron chi connectivity index (χ0n) is 27.1. The highest BCUT2D eigenvalue weighted by Gasteiger charge is 2.25. The number of carbonyl (C=O) groups is 1. The summed E-state index contributed by atoms with van der Waals surface area (Å²) in [5.41, 5.74) is 7.33. The summed E-state index contributed by atoms with van der Waals surface area (Å²) in [4.78, 5) is 24.0. The molecule has 1 fully saturated rings. The lowest BCUT2D eigenvalue weighted by Gasteiger charge is -2.35. The molecule has 10 heteroatoms. The van der Waals surface area contributed by atoms with Crippen LogP contribution in [0.15, 0.2) is 84.0 Å². The number of carbonyl (C=O) groups excluding carboxylic acids is 1. The second kappa shape index (κ2) is 12.3. The van der Waals surface area contributed by atoms with Crippen molar-refractivity contribution in [2.75, 3.05) is 59.3 Å². The number of piperazine rings is 1. The van der Waals surface area contributed by atoms with Crippen molar-refractivity contribution >= 4 is 32.7 Å². The minimum atomic E-state index is -3.97. The fourth-order valence-electron chi connectivity index (χ4n) is 5.99. The van der Waals surface area contributed by atoms with Crippen LogP contribution in [0.4, 0.5) is 5.69 Å². The van der Waals surface area contributed by atoms with Crippen molar-refractivity contribution in [3.8, 4) is 28.0 Å². The van der Waals surface area contributed by atoms with Crippen LogP contribution in [0.3, 0.4) is 0 Å². The SMILES string of the molecule is COc1cc(-c2cn(S(=O)(=O)c3ccc(C)cc3)c3ncc(-c4ccc(N5CCN(C)CC5)c(C)c4)cc23)ccc1C(=O)N(C)C. The highest BCUT2D eigenvalue weighted by atomic mass is 32.2. The lowest BCUT2D eigenvalue weighted by Crippen LogP contribution is -2.44. The number of hydrogen-bond acceptors (Lipinski definition) is 7. The Balaban J connectivity index is 1.50. The van der Waals surface area contributed by atoms with Crippen molar-refractivity contribution in [2.45, 2.75) is 18.7 Å². The molecule has 3 heterocycles. The van der Waals surface area contributed by atoms with Crippen LogP contribution in [-0.4, -0.2) is 87.5 Å². The van der Waals surface area contributed by atoms with Gasteiger partial charge >= 0.3 is 0 Å². The van der Waals surface area contributed by atoms with Crippen molar-refractivity contribution in [1.29, 1.82) is 0 Å². The monoisotopic (exact) mass is 637 g/mol. The maximum Gasteiger partial charge on any atom is 0.269 e. The smallest absolute Gasteiger partial charge is 0.269 e. The van der Waals surface area contributed by atoms with Crippen molar-refractivity contribution in [3.63, 3.8) is 0 Å². The molecule has 1 aliphatic heterocycles. The minimum absolute atomic E-state index is 0.173. The number of fused-ring (bicyclic) bond motifs is 1. The molecule has 0 saturated carbocycles. The molecule has 5 aromatic rings. The number of anilines is 1. The average molecular weight is 638 g/mol. The van der Waals surface area contributed by atoms with Crippen LogP contribution < -0.4 is 9.64 Å². The van der Waals surface area contributed by atoms with Gasteiger partial charge in [-0.1, -0.05) is 29.8 Å². The van der Waals surface area contributed by atoms with Gasteiger partial charge in [-0.25, -0.2) is 17.4 Å². The Kier molecular flexibility index (Phi) is 8.35. The molecule has 0 spiro atoms. The topological polar surface area (TPSA) is 88.0 Å². The predicted octanol–water partition coefficient (Wildman–Crippen LogP) is 5.69. The molecule has 0 N–H and O–H groups in total. The minimum Gasteiger partial charge on any atom is -0.496 e. The molecular formula is C36H39N5O4S. The van der Waals surface area contributed by atoms with Gasteiger partial charge in [0.2, 0.25) is 0 Å². The standard InChI is InChI=1S/C36H39N5O4S/c1-24-7-11-29(12-8-24)46(43,44)41-23-32(27-9-13-30(34(21-27)45-6)36(42)38(3)4)31-20-28(22-37-35(31)41)26-10-14-33(25(2)19-26)40-17-15-39(5)16-18-40/h7-14,19-23H,15-18H2,1-6H3. The molecule has 1 aliphatic rings. The third-order valence-electron chi connectivity index (χ3n) is 8.71. The first-order valence-electron chi connectivity index (χ1n) is 15.3. The van der Waals surface area contributed by atoms with Gasteiger partial charge in [0.25, 0.3) is 15.9 Å². The molecule has 6 rings (SSSR count). The molecule has 3 aromatic carbocycles. The average Bonchev–Trinajstić information content (AvgIpc) is 3.44. The summed E-state index contributed by atoms with van der Waals surface area (Å²) >= 11 is 0. The van der Waals surface area contributed by atoms with E-state index in [0.29, 0.717) is 33.5 Å². The number of ether oxygens (including phenoxy) is 1. The molecule has 0 atom stereocenters. The first-order chi connectivity index (χ1) is 22.0. The van der Waals surface area contributed by atoms with Crippen LogP contribution in [0.5, 0.6) is 5.75 Å². The predicted molar refractivity (Wildman–Crippen MR) is 183 cm³/mol. The number of aryl methyl sites for hydroxylation is 2. The third-order valence-corrected chi connectivity index (χ3v) is 10.4. The summed E-state index contributed by atoms with van der Waals surface area (Å²) in [7, 11) is 3.07. The number of rotatable bonds is 7. The quantitative estimate of drug-likeness (QED) is 0.227. The molecule has 2 aromatic heterocycles. The van der Waals surface area contributed by atoms with Gasteiger partial charge < -0.3 is 19.4 Å². The van der Waals surface area contributed by atoms with Crippen LogP contribution in [0.2, 0.25) is 0 Å². The number of amides is 1. The number of benzene rings is 3. The summed E-state index contributed by atoms with van der Waals surface area (Å²) in [6.07, 6.45) is 3.34. The fourth-order valence-corrected chi connectivity index (χ4v) is 7.31. The van der Waals surface area contributed by atoms with Gasteiger partial charge in [-0.15, -0.1) is 0 Å². The molecule has 1 saturated heterocycles. The van der Waals surface area contributed by atoms with E-state index in [9.17, 15) is 13.2 Å². The normalized spacial score (nSPS) is 14.1. The zero-order valence-corrected chi connectivity index (χ0v) is 27.9.